The molecule has 1 amide bonds. The van der Waals surface area contributed by atoms with Gasteiger partial charge in [-0.25, -0.2) is 0 Å². The molecule has 1 aliphatic heterocycles. The van der Waals surface area contributed by atoms with Gasteiger partial charge in [0, 0.05) is 13.1 Å². The van der Waals surface area contributed by atoms with Crippen LogP contribution in [0.4, 0.5) is 11.4 Å². The van der Waals surface area contributed by atoms with Gasteiger partial charge in [0.25, 0.3) is 0 Å². The Morgan fingerprint density at radius 3 is 2.94 bits per heavy atom. The van der Waals surface area contributed by atoms with E-state index in [2.05, 4.69) is 12.2 Å². The summed E-state index contributed by atoms with van der Waals surface area (Å²) in [7, 11) is 0. The van der Waals surface area contributed by atoms with Crippen molar-refractivity contribution in [3.8, 4) is 0 Å². The highest BCUT2D eigenvalue weighted by atomic mass is 16.2. The van der Waals surface area contributed by atoms with Crippen molar-refractivity contribution in [2.24, 2.45) is 5.92 Å². The summed E-state index contributed by atoms with van der Waals surface area (Å²) in [6, 6.07) is 8.06. The van der Waals surface area contributed by atoms with Gasteiger partial charge >= 0.3 is 0 Å². The molecule has 0 saturated heterocycles. The minimum atomic E-state index is 0.0410. The van der Waals surface area contributed by atoms with Gasteiger partial charge in [-0.3, -0.25) is 4.79 Å². The molecule has 17 heavy (non-hydrogen) atoms. The average Bonchev–Trinajstić information content (AvgIpc) is 2.47. The molecular weight excluding hydrogens is 212 g/mol. The Balaban J connectivity index is 2.33. The van der Waals surface area contributed by atoms with Crippen molar-refractivity contribution >= 4 is 17.3 Å². The summed E-state index contributed by atoms with van der Waals surface area (Å²) in [5, 5.41) is 3.35. The van der Waals surface area contributed by atoms with Gasteiger partial charge in [-0.05, 0) is 18.6 Å². The van der Waals surface area contributed by atoms with Crippen LogP contribution in [0.3, 0.4) is 0 Å². The van der Waals surface area contributed by atoms with Gasteiger partial charge in [-0.1, -0.05) is 32.4 Å². The zero-order valence-corrected chi connectivity index (χ0v) is 10.6. The highest BCUT2D eigenvalue weighted by molar-refractivity contribution is 5.99. The van der Waals surface area contributed by atoms with E-state index >= 15 is 0 Å². The third kappa shape index (κ3) is 2.43. The molecule has 1 atom stereocenters. The Labute approximate surface area is 103 Å². The lowest BCUT2D eigenvalue weighted by Crippen LogP contribution is -2.36. The first-order chi connectivity index (χ1) is 8.24. The van der Waals surface area contributed by atoms with Gasteiger partial charge in [0.15, 0.2) is 0 Å². The molecule has 0 aliphatic carbocycles. The van der Waals surface area contributed by atoms with Crippen LogP contribution < -0.4 is 10.2 Å². The van der Waals surface area contributed by atoms with Gasteiger partial charge in [0.2, 0.25) is 5.91 Å². The predicted molar refractivity (Wildman–Crippen MR) is 71.4 cm³/mol. The standard InChI is InChI=1S/C14H20N2O/c1-3-4-9-16-13-8-6-5-7-12(13)15-10-11(2)14(16)17/h5-8,11,15H,3-4,9-10H2,1-2H3. The molecule has 0 saturated carbocycles. The maximum atomic E-state index is 12.3. The average molecular weight is 232 g/mol. The van der Waals surface area contributed by atoms with E-state index in [1.807, 2.05) is 36.1 Å². The smallest absolute Gasteiger partial charge is 0.231 e. The highest BCUT2D eigenvalue weighted by Crippen LogP contribution is 2.30. The Hall–Kier alpha value is -1.51. The molecule has 3 heteroatoms. The maximum absolute atomic E-state index is 12.3. The summed E-state index contributed by atoms with van der Waals surface area (Å²) in [6.07, 6.45) is 2.15. The van der Waals surface area contributed by atoms with Crippen molar-refractivity contribution in [1.82, 2.24) is 0 Å². The number of amides is 1. The maximum Gasteiger partial charge on any atom is 0.231 e. The van der Waals surface area contributed by atoms with E-state index in [4.69, 9.17) is 0 Å². The molecule has 0 fully saturated rings. The molecular formula is C14H20N2O. The van der Waals surface area contributed by atoms with Crippen LogP contribution in [0, 0.1) is 5.92 Å². The Morgan fingerprint density at radius 1 is 1.41 bits per heavy atom. The summed E-state index contributed by atoms with van der Waals surface area (Å²) in [4.78, 5) is 14.2. The molecule has 1 aromatic carbocycles. The monoisotopic (exact) mass is 232 g/mol. The molecule has 3 nitrogen and oxygen atoms in total. The molecule has 0 spiro atoms. The molecule has 0 bridgehead atoms. The second-order valence-electron chi connectivity index (χ2n) is 4.64. The summed E-state index contributed by atoms with van der Waals surface area (Å²) >= 11 is 0. The Morgan fingerprint density at radius 2 is 2.18 bits per heavy atom. The van der Waals surface area contributed by atoms with Crippen molar-refractivity contribution in [2.45, 2.75) is 26.7 Å². The van der Waals surface area contributed by atoms with Gasteiger partial charge in [0.05, 0.1) is 17.3 Å². The molecule has 0 aromatic heterocycles. The second-order valence-corrected chi connectivity index (χ2v) is 4.64. The molecule has 92 valence electrons. The lowest BCUT2D eigenvalue weighted by atomic mass is 10.1. The molecule has 1 N–H and O–H groups in total. The van der Waals surface area contributed by atoms with Crippen LogP contribution in [0.25, 0.3) is 0 Å². The van der Waals surface area contributed by atoms with Crippen LogP contribution in [0.15, 0.2) is 24.3 Å². The first kappa shape index (κ1) is 12.0. The number of carbonyl (C=O) groups is 1. The lowest BCUT2D eigenvalue weighted by molar-refractivity contribution is -0.121. The number of nitrogens with one attached hydrogen (secondary N) is 1. The van der Waals surface area contributed by atoms with Crippen LogP contribution in [-0.2, 0) is 4.79 Å². The number of rotatable bonds is 3. The van der Waals surface area contributed by atoms with Crippen molar-refractivity contribution in [1.29, 1.82) is 0 Å². The second kappa shape index (κ2) is 5.21. The molecule has 1 aliphatic rings. The quantitative estimate of drug-likeness (QED) is 0.869. The molecule has 1 heterocycles. The van der Waals surface area contributed by atoms with Gasteiger partial charge in [-0.15, -0.1) is 0 Å². The zero-order chi connectivity index (χ0) is 12.3. The Bertz CT molecular complexity index is 403. The number of carbonyl (C=O) groups excluding carboxylic acids is 1. The SMILES string of the molecule is CCCCN1C(=O)C(C)CNc2ccccc21. The van der Waals surface area contributed by atoms with Crippen LogP contribution in [0.2, 0.25) is 0 Å². The van der Waals surface area contributed by atoms with Crippen molar-refractivity contribution in [3.63, 3.8) is 0 Å². The summed E-state index contributed by atoms with van der Waals surface area (Å²) in [5.41, 5.74) is 2.09. The van der Waals surface area contributed by atoms with E-state index in [1.54, 1.807) is 0 Å². The molecule has 1 unspecified atom stereocenters. The summed E-state index contributed by atoms with van der Waals surface area (Å²) in [6.45, 7) is 5.67. The number of nitrogens with zero attached hydrogens (tertiary/aromatic N) is 1. The fraction of sp³-hybridized carbons (Fsp3) is 0.500. The third-order valence-electron chi connectivity index (χ3n) is 3.22. The van der Waals surface area contributed by atoms with Crippen molar-refractivity contribution in [2.75, 3.05) is 23.3 Å². The summed E-state index contributed by atoms with van der Waals surface area (Å²) < 4.78 is 0. The highest BCUT2D eigenvalue weighted by Gasteiger charge is 2.26. The lowest BCUT2D eigenvalue weighted by Gasteiger charge is -2.23. The molecule has 2 rings (SSSR count). The van der Waals surface area contributed by atoms with Crippen LogP contribution in [0.5, 0.6) is 0 Å². The number of benzene rings is 1. The van der Waals surface area contributed by atoms with Gasteiger partial charge < -0.3 is 10.2 Å². The van der Waals surface area contributed by atoms with Crippen LogP contribution in [0.1, 0.15) is 26.7 Å². The first-order valence-electron chi connectivity index (χ1n) is 6.38. The van der Waals surface area contributed by atoms with E-state index in [0.717, 1.165) is 37.3 Å². The number of unbranched alkanes of at least 4 members (excludes halogenated alkanes) is 1. The Kier molecular flexibility index (Phi) is 3.67. The minimum absolute atomic E-state index is 0.0410. The number of fused-ring (bicyclic) bond motifs is 1. The number of hydrogen-bond acceptors (Lipinski definition) is 2. The van der Waals surface area contributed by atoms with Gasteiger partial charge in [-0.2, -0.15) is 0 Å². The number of hydrogen-bond donors (Lipinski definition) is 1. The summed E-state index contributed by atoms with van der Waals surface area (Å²) in [5.74, 6) is 0.273. The van der Waals surface area contributed by atoms with Crippen LogP contribution in [-0.4, -0.2) is 19.0 Å². The molecule has 1 aromatic rings. The topological polar surface area (TPSA) is 32.3 Å². The van der Waals surface area contributed by atoms with Crippen LogP contribution >= 0.6 is 0 Å². The van der Waals surface area contributed by atoms with E-state index in [1.165, 1.54) is 0 Å². The third-order valence-corrected chi connectivity index (χ3v) is 3.22. The fourth-order valence-electron chi connectivity index (χ4n) is 2.14. The predicted octanol–water partition coefficient (Wildman–Crippen LogP) is 2.88. The van der Waals surface area contributed by atoms with Gasteiger partial charge in [0.1, 0.15) is 0 Å². The largest absolute Gasteiger partial charge is 0.383 e. The van der Waals surface area contributed by atoms with E-state index < -0.39 is 0 Å². The zero-order valence-electron chi connectivity index (χ0n) is 10.6. The normalized spacial score (nSPS) is 19.5. The van der Waals surface area contributed by atoms with Crippen molar-refractivity contribution in [3.05, 3.63) is 24.3 Å². The van der Waals surface area contributed by atoms with Crippen molar-refractivity contribution < 1.29 is 4.79 Å². The van der Waals surface area contributed by atoms with E-state index in [0.29, 0.717) is 0 Å². The first-order valence-corrected chi connectivity index (χ1v) is 6.38. The van der Waals surface area contributed by atoms with E-state index in [9.17, 15) is 4.79 Å². The number of anilines is 2. The molecule has 0 radical (unpaired) electrons. The minimum Gasteiger partial charge on any atom is -0.383 e. The van der Waals surface area contributed by atoms with E-state index in [-0.39, 0.29) is 11.8 Å². The fourth-order valence-corrected chi connectivity index (χ4v) is 2.14. The number of para-hydroxylation sites is 2.